The van der Waals surface area contributed by atoms with E-state index in [1.54, 1.807) is 0 Å². The number of hydrogen-bond acceptors (Lipinski definition) is 1. The molecule has 13 aromatic rings. The third-order valence-electron chi connectivity index (χ3n) is 15.6. The van der Waals surface area contributed by atoms with Gasteiger partial charge in [-0.1, -0.05) is 224 Å². The van der Waals surface area contributed by atoms with Crippen LogP contribution in [-0.2, 0) is 5.41 Å². The van der Waals surface area contributed by atoms with Crippen LogP contribution in [0.25, 0.3) is 98.4 Å². The predicted octanol–water partition coefficient (Wildman–Crippen LogP) is 18.6. The van der Waals surface area contributed by atoms with E-state index in [0.717, 1.165) is 17.1 Å². The summed E-state index contributed by atoms with van der Waals surface area (Å²) in [4.78, 5) is 2.57. The van der Waals surface area contributed by atoms with Crippen molar-refractivity contribution in [2.45, 2.75) is 5.41 Å². The first kappa shape index (κ1) is 39.0. The summed E-state index contributed by atoms with van der Waals surface area (Å²) in [6.45, 7) is 0. The monoisotopic (exact) mass is 885 g/mol. The second kappa shape index (κ2) is 15.0. The summed E-state index contributed by atoms with van der Waals surface area (Å²) in [5, 5.41) is 12.5. The highest BCUT2D eigenvalue weighted by molar-refractivity contribution is 6.26. The van der Waals surface area contributed by atoms with E-state index in [2.05, 4.69) is 266 Å². The summed E-state index contributed by atoms with van der Waals surface area (Å²) >= 11 is 0. The minimum Gasteiger partial charge on any atom is -0.310 e. The van der Waals surface area contributed by atoms with Gasteiger partial charge in [-0.15, -0.1) is 0 Å². The van der Waals surface area contributed by atoms with E-state index >= 15 is 0 Å². The first-order valence-electron chi connectivity index (χ1n) is 24.4. The highest BCUT2D eigenvalue weighted by Crippen LogP contribution is 2.64. The topological polar surface area (TPSA) is 3.24 Å². The van der Waals surface area contributed by atoms with Crippen LogP contribution in [0.3, 0.4) is 0 Å². The number of nitrogens with zero attached hydrogens (tertiary/aromatic N) is 1. The van der Waals surface area contributed by atoms with Crippen LogP contribution in [0.5, 0.6) is 0 Å². The number of fused-ring (bicyclic) bond motifs is 19. The SMILES string of the molecule is c1ccc(-c2ccccc2-c2cc3c(cc2N(c2ccc4ccc5ccccc5c4c2)c2ccc4c5ccccc5c5ccccc5c4c2)C2(c4ccccc4-c4ccccc42)c2ccccc2-3)cc1. The van der Waals surface area contributed by atoms with Crippen LogP contribution in [0, 0.1) is 0 Å². The molecule has 13 aromatic carbocycles. The van der Waals surface area contributed by atoms with E-state index in [0.29, 0.717) is 0 Å². The maximum Gasteiger partial charge on any atom is 0.0726 e. The molecular formula is C69H43N. The zero-order chi connectivity index (χ0) is 45.9. The molecule has 1 heteroatoms. The van der Waals surface area contributed by atoms with Gasteiger partial charge in [0, 0.05) is 16.9 Å². The molecule has 70 heavy (non-hydrogen) atoms. The Morgan fingerprint density at radius 1 is 0.229 bits per heavy atom. The molecule has 0 aliphatic heterocycles. The van der Waals surface area contributed by atoms with Crippen molar-refractivity contribution in [3.05, 3.63) is 283 Å². The molecule has 0 amide bonds. The highest BCUT2D eigenvalue weighted by Gasteiger charge is 2.52. The summed E-state index contributed by atoms with van der Waals surface area (Å²) in [6.07, 6.45) is 0. The van der Waals surface area contributed by atoms with Crippen molar-refractivity contribution in [3.63, 3.8) is 0 Å². The molecule has 1 nitrogen and oxygen atoms in total. The molecule has 0 atom stereocenters. The van der Waals surface area contributed by atoms with Crippen LogP contribution in [0.2, 0.25) is 0 Å². The standard InChI is InChI=1S/C69H43N/c1-2-18-44(19-3-1)49-21-6-7-23-51(49)63-42-62-59-30-14-17-33-66(59)69(64-31-15-12-28-57(64)58-29-13-16-32-65(58)69)67(62)43-68(63)70(47-37-36-46-35-34-45-20-4-5-22-50(45)60(46)40-47)48-38-39-56-54-26-9-8-24-52(54)53-25-10-11-27-55(53)61(56)41-48/h1-43H. The van der Waals surface area contributed by atoms with Gasteiger partial charge < -0.3 is 4.90 Å². The van der Waals surface area contributed by atoms with Gasteiger partial charge in [-0.05, 0) is 151 Å². The predicted molar refractivity (Wildman–Crippen MR) is 296 cm³/mol. The minimum atomic E-state index is -0.533. The Kier molecular flexibility index (Phi) is 8.35. The Bertz CT molecular complexity index is 4230. The smallest absolute Gasteiger partial charge is 0.0726 e. The van der Waals surface area contributed by atoms with Gasteiger partial charge in [-0.25, -0.2) is 0 Å². The lowest BCUT2D eigenvalue weighted by atomic mass is 9.70. The molecule has 0 saturated carbocycles. The van der Waals surface area contributed by atoms with E-state index in [4.69, 9.17) is 0 Å². The zero-order valence-corrected chi connectivity index (χ0v) is 38.3. The first-order chi connectivity index (χ1) is 34.7. The molecule has 0 radical (unpaired) electrons. The fraction of sp³-hybridized carbons (Fsp3) is 0.0145. The summed E-state index contributed by atoms with van der Waals surface area (Å²) < 4.78 is 0. The molecule has 0 aromatic heterocycles. The van der Waals surface area contributed by atoms with Crippen molar-refractivity contribution >= 4 is 70.9 Å². The quantitative estimate of drug-likeness (QED) is 0.156. The van der Waals surface area contributed by atoms with Gasteiger partial charge >= 0.3 is 0 Å². The van der Waals surface area contributed by atoms with Crippen LogP contribution in [0.4, 0.5) is 17.1 Å². The second-order valence-corrected chi connectivity index (χ2v) is 19.1. The summed E-state index contributed by atoms with van der Waals surface area (Å²) in [5.41, 5.74) is 18.0. The molecule has 2 aliphatic carbocycles. The van der Waals surface area contributed by atoms with E-state index in [9.17, 15) is 0 Å². The van der Waals surface area contributed by atoms with Crippen molar-refractivity contribution < 1.29 is 0 Å². The number of rotatable bonds is 5. The lowest BCUT2D eigenvalue weighted by Crippen LogP contribution is -2.26. The number of benzene rings is 13. The normalized spacial score (nSPS) is 13.0. The van der Waals surface area contributed by atoms with Crippen molar-refractivity contribution in [1.29, 1.82) is 0 Å². The summed E-state index contributed by atoms with van der Waals surface area (Å²) in [6, 6.07) is 97.9. The highest BCUT2D eigenvalue weighted by atomic mass is 15.1. The maximum absolute atomic E-state index is 2.58. The molecule has 15 rings (SSSR count). The molecule has 2 aliphatic rings. The van der Waals surface area contributed by atoms with Gasteiger partial charge in [0.1, 0.15) is 0 Å². The van der Waals surface area contributed by atoms with Crippen LogP contribution in [-0.4, -0.2) is 0 Å². The molecule has 324 valence electrons. The Morgan fingerprint density at radius 3 is 1.29 bits per heavy atom. The number of hydrogen-bond donors (Lipinski definition) is 0. The third kappa shape index (κ3) is 5.43. The summed E-state index contributed by atoms with van der Waals surface area (Å²) in [7, 11) is 0. The number of anilines is 3. The third-order valence-corrected chi connectivity index (χ3v) is 15.6. The van der Waals surface area contributed by atoms with Crippen LogP contribution in [0.15, 0.2) is 261 Å². The molecule has 0 bridgehead atoms. The van der Waals surface area contributed by atoms with Crippen molar-refractivity contribution in [1.82, 2.24) is 0 Å². The molecule has 0 fully saturated rings. The minimum absolute atomic E-state index is 0.533. The van der Waals surface area contributed by atoms with Crippen molar-refractivity contribution in [2.75, 3.05) is 4.90 Å². The van der Waals surface area contributed by atoms with Gasteiger partial charge in [0.15, 0.2) is 0 Å². The first-order valence-corrected chi connectivity index (χ1v) is 24.4. The van der Waals surface area contributed by atoms with E-state index in [1.807, 2.05) is 0 Å². The van der Waals surface area contributed by atoms with Gasteiger partial charge in [0.25, 0.3) is 0 Å². The second-order valence-electron chi connectivity index (χ2n) is 19.1. The maximum atomic E-state index is 2.58. The van der Waals surface area contributed by atoms with Crippen LogP contribution < -0.4 is 4.90 Å². The van der Waals surface area contributed by atoms with Gasteiger partial charge in [0.2, 0.25) is 0 Å². The van der Waals surface area contributed by atoms with Gasteiger partial charge in [0.05, 0.1) is 11.1 Å². The fourth-order valence-corrected chi connectivity index (χ4v) is 12.7. The lowest BCUT2D eigenvalue weighted by Gasteiger charge is -2.34. The van der Waals surface area contributed by atoms with Crippen molar-refractivity contribution in [2.24, 2.45) is 0 Å². The average molecular weight is 886 g/mol. The molecule has 0 saturated heterocycles. The average Bonchev–Trinajstić information content (AvgIpc) is 3.90. The van der Waals surface area contributed by atoms with E-state index in [1.165, 1.54) is 121 Å². The van der Waals surface area contributed by atoms with E-state index in [-0.39, 0.29) is 0 Å². The van der Waals surface area contributed by atoms with Crippen LogP contribution in [0.1, 0.15) is 22.3 Å². The van der Waals surface area contributed by atoms with Gasteiger partial charge in [-0.2, -0.15) is 0 Å². The van der Waals surface area contributed by atoms with Gasteiger partial charge in [-0.3, -0.25) is 0 Å². The Balaban J connectivity index is 1.11. The molecular weight excluding hydrogens is 843 g/mol. The molecule has 0 heterocycles. The zero-order valence-electron chi connectivity index (χ0n) is 38.3. The Hall–Kier alpha value is -9.04. The molecule has 0 unspecified atom stereocenters. The molecule has 0 N–H and O–H groups in total. The van der Waals surface area contributed by atoms with Crippen LogP contribution >= 0.6 is 0 Å². The summed E-state index contributed by atoms with van der Waals surface area (Å²) in [5.74, 6) is 0. The lowest BCUT2D eigenvalue weighted by molar-refractivity contribution is 0.794. The fourth-order valence-electron chi connectivity index (χ4n) is 12.7. The van der Waals surface area contributed by atoms with E-state index < -0.39 is 5.41 Å². The largest absolute Gasteiger partial charge is 0.310 e. The molecule has 1 spiro atoms. The Labute approximate surface area is 406 Å². The Morgan fingerprint density at radius 2 is 0.657 bits per heavy atom. The van der Waals surface area contributed by atoms with Crippen molar-refractivity contribution in [3.8, 4) is 44.5 Å².